The van der Waals surface area contributed by atoms with Gasteiger partial charge in [0.25, 0.3) is 5.91 Å². The van der Waals surface area contributed by atoms with E-state index in [1.54, 1.807) is 18.2 Å². The number of carbonyl (C=O) groups is 1. The van der Waals surface area contributed by atoms with Crippen LogP contribution in [0, 0.1) is 6.92 Å². The van der Waals surface area contributed by atoms with Crippen LogP contribution in [0.15, 0.2) is 53.9 Å². The number of hydrogen-bond donors (Lipinski definition) is 2. The molecule has 8 heteroatoms. The topological polar surface area (TPSA) is 88.2 Å². The van der Waals surface area contributed by atoms with E-state index in [-0.39, 0.29) is 5.91 Å². The van der Waals surface area contributed by atoms with Crippen molar-refractivity contribution >= 4 is 38.1 Å². The largest absolute Gasteiger partial charge is 0.298 e. The summed E-state index contributed by atoms with van der Waals surface area (Å²) < 4.78 is 25.0. The van der Waals surface area contributed by atoms with Crippen molar-refractivity contribution in [3.8, 4) is 11.3 Å². The second kappa shape index (κ2) is 7.27. The van der Waals surface area contributed by atoms with Gasteiger partial charge >= 0.3 is 0 Å². The average molecular weight is 387 g/mol. The summed E-state index contributed by atoms with van der Waals surface area (Å²) in [5.41, 5.74) is 3.60. The van der Waals surface area contributed by atoms with E-state index in [1.165, 1.54) is 17.4 Å². The van der Waals surface area contributed by atoms with Gasteiger partial charge in [-0.05, 0) is 30.7 Å². The van der Waals surface area contributed by atoms with Crippen molar-refractivity contribution in [3.05, 3.63) is 65.0 Å². The van der Waals surface area contributed by atoms with Crippen molar-refractivity contribution < 1.29 is 13.2 Å². The van der Waals surface area contributed by atoms with Crippen LogP contribution in [0.5, 0.6) is 0 Å². The van der Waals surface area contributed by atoms with Gasteiger partial charge in [-0.1, -0.05) is 30.3 Å². The lowest BCUT2D eigenvalue weighted by Crippen LogP contribution is -2.13. The molecule has 0 saturated carbocycles. The fourth-order valence-electron chi connectivity index (χ4n) is 2.42. The van der Waals surface area contributed by atoms with Crippen molar-refractivity contribution in [2.75, 3.05) is 16.3 Å². The number of carbonyl (C=O) groups excluding carboxylic acids is 1. The predicted octanol–water partition coefficient (Wildman–Crippen LogP) is 3.74. The zero-order valence-electron chi connectivity index (χ0n) is 14.2. The number of amides is 1. The highest BCUT2D eigenvalue weighted by Crippen LogP contribution is 2.27. The number of aryl methyl sites for hydroxylation is 1. The number of nitrogens with one attached hydrogen (secondary N) is 2. The summed E-state index contributed by atoms with van der Waals surface area (Å²) >= 11 is 1.34. The molecule has 0 aliphatic rings. The molecule has 0 bridgehead atoms. The highest BCUT2D eigenvalue weighted by molar-refractivity contribution is 7.92. The van der Waals surface area contributed by atoms with Gasteiger partial charge in [0, 0.05) is 22.2 Å². The molecule has 0 spiro atoms. The molecule has 134 valence electrons. The first-order chi connectivity index (χ1) is 12.3. The zero-order chi connectivity index (χ0) is 18.7. The maximum Gasteiger partial charge on any atom is 0.257 e. The molecule has 1 aromatic heterocycles. The second-order valence-corrected chi connectivity index (χ2v) is 8.37. The molecule has 0 aliphatic carbocycles. The second-order valence-electron chi connectivity index (χ2n) is 5.76. The molecule has 0 aliphatic heterocycles. The van der Waals surface area contributed by atoms with Crippen LogP contribution in [0.2, 0.25) is 0 Å². The average Bonchev–Trinajstić information content (AvgIpc) is 3.02. The molecule has 3 rings (SSSR count). The van der Waals surface area contributed by atoms with Gasteiger partial charge in [0.15, 0.2) is 5.13 Å². The summed E-state index contributed by atoms with van der Waals surface area (Å²) in [6.07, 6.45) is 1.06. The van der Waals surface area contributed by atoms with Crippen LogP contribution in [0.25, 0.3) is 11.3 Å². The Kier molecular flexibility index (Phi) is 5.06. The van der Waals surface area contributed by atoms with E-state index in [4.69, 9.17) is 0 Å². The number of rotatable bonds is 5. The Bertz CT molecular complexity index is 1060. The number of nitrogens with zero attached hydrogens (tertiary/aromatic N) is 1. The summed E-state index contributed by atoms with van der Waals surface area (Å²) in [7, 11) is -3.40. The predicted molar refractivity (Wildman–Crippen MR) is 105 cm³/mol. The standard InChI is InChI=1S/C18H17N3O3S2/c1-12-6-3-4-9-15(12)16-11-25-18(19-16)20-17(22)13-7-5-8-14(10-13)21-26(2,23)24/h3-11,21H,1-2H3,(H,19,20,22). The number of anilines is 2. The quantitative estimate of drug-likeness (QED) is 0.698. The van der Waals surface area contributed by atoms with Crippen molar-refractivity contribution in [3.63, 3.8) is 0 Å². The van der Waals surface area contributed by atoms with E-state index in [0.717, 1.165) is 23.1 Å². The number of benzene rings is 2. The number of aromatic nitrogens is 1. The normalized spacial score (nSPS) is 11.2. The van der Waals surface area contributed by atoms with Gasteiger partial charge in [0.2, 0.25) is 10.0 Å². The fourth-order valence-corrected chi connectivity index (χ4v) is 3.68. The summed E-state index contributed by atoms with van der Waals surface area (Å²) in [5.74, 6) is -0.354. The molecule has 3 aromatic rings. The lowest BCUT2D eigenvalue weighted by atomic mass is 10.1. The Morgan fingerprint density at radius 3 is 2.62 bits per heavy atom. The van der Waals surface area contributed by atoms with Gasteiger partial charge in [-0.3, -0.25) is 14.8 Å². The lowest BCUT2D eigenvalue weighted by Gasteiger charge is -2.06. The lowest BCUT2D eigenvalue weighted by molar-refractivity contribution is 0.102. The first-order valence-electron chi connectivity index (χ1n) is 7.72. The van der Waals surface area contributed by atoms with E-state index in [9.17, 15) is 13.2 Å². The van der Waals surface area contributed by atoms with Crippen molar-refractivity contribution in [2.24, 2.45) is 0 Å². The highest BCUT2D eigenvalue weighted by Gasteiger charge is 2.12. The summed E-state index contributed by atoms with van der Waals surface area (Å²) in [6, 6.07) is 14.2. The maximum atomic E-state index is 12.4. The van der Waals surface area contributed by atoms with E-state index >= 15 is 0 Å². The molecule has 0 unspecified atom stereocenters. The molecule has 0 fully saturated rings. The molecular weight excluding hydrogens is 370 g/mol. The van der Waals surface area contributed by atoms with E-state index in [1.807, 2.05) is 36.6 Å². The molecule has 0 atom stereocenters. The van der Waals surface area contributed by atoms with Crippen molar-refractivity contribution in [1.29, 1.82) is 0 Å². The number of thiazole rings is 1. The molecule has 2 N–H and O–H groups in total. The Morgan fingerprint density at radius 2 is 1.88 bits per heavy atom. The summed E-state index contributed by atoms with van der Waals surface area (Å²) in [4.78, 5) is 16.9. The minimum atomic E-state index is -3.40. The van der Waals surface area contributed by atoms with Crippen LogP contribution in [0.3, 0.4) is 0 Å². The SMILES string of the molecule is Cc1ccccc1-c1csc(NC(=O)c2cccc(NS(C)(=O)=O)c2)n1. The molecule has 1 amide bonds. The minimum absolute atomic E-state index is 0.333. The maximum absolute atomic E-state index is 12.4. The first-order valence-corrected chi connectivity index (χ1v) is 10.5. The van der Waals surface area contributed by atoms with Gasteiger partial charge in [0.1, 0.15) is 0 Å². The minimum Gasteiger partial charge on any atom is -0.298 e. The van der Waals surface area contributed by atoms with Crippen LogP contribution in [-0.2, 0) is 10.0 Å². The van der Waals surface area contributed by atoms with Gasteiger partial charge < -0.3 is 0 Å². The Morgan fingerprint density at radius 1 is 1.12 bits per heavy atom. The third-order valence-corrected chi connectivity index (χ3v) is 4.94. The number of sulfonamides is 1. The Balaban J connectivity index is 1.77. The van der Waals surface area contributed by atoms with E-state index in [2.05, 4.69) is 15.0 Å². The molecule has 0 saturated heterocycles. The molecule has 6 nitrogen and oxygen atoms in total. The van der Waals surface area contributed by atoms with Crippen LogP contribution in [-0.4, -0.2) is 25.6 Å². The van der Waals surface area contributed by atoms with Gasteiger partial charge in [-0.25, -0.2) is 13.4 Å². The summed E-state index contributed by atoms with van der Waals surface area (Å²) in [5, 5.41) is 5.12. The van der Waals surface area contributed by atoms with Gasteiger partial charge in [0.05, 0.1) is 11.9 Å². The van der Waals surface area contributed by atoms with Crippen LogP contribution >= 0.6 is 11.3 Å². The third-order valence-electron chi connectivity index (χ3n) is 3.57. The van der Waals surface area contributed by atoms with E-state index < -0.39 is 10.0 Å². The first kappa shape index (κ1) is 18.1. The van der Waals surface area contributed by atoms with Crippen LogP contribution in [0.4, 0.5) is 10.8 Å². The van der Waals surface area contributed by atoms with Crippen LogP contribution in [0.1, 0.15) is 15.9 Å². The molecule has 26 heavy (non-hydrogen) atoms. The molecular formula is C18H17N3O3S2. The summed E-state index contributed by atoms with van der Waals surface area (Å²) in [6.45, 7) is 2.01. The Labute approximate surface area is 156 Å². The van der Waals surface area contributed by atoms with Crippen molar-refractivity contribution in [2.45, 2.75) is 6.92 Å². The van der Waals surface area contributed by atoms with Gasteiger partial charge in [-0.15, -0.1) is 11.3 Å². The fraction of sp³-hybridized carbons (Fsp3) is 0.111. The molecule has 1 heterocycles. The van der Waals surface area contributed by atoms with E-state index in [0.29, 0.717) is 16.4 Å². The molecule has 0 radical (unpaired) electrons. The zero-order valence-corrected chi connectivity index (χ0v) is 15.8. The molecule has 2 aromatic carbocycles. The highest BCUT2D eigenvalue weighted by atomic mass is 32.2. The monoisotopic (exact) mass is 387 g/mol. The van der Waals surface area contributed by atoms with Gasteiger partial charge in [-0.2, -0.15) is 0 Å². The van der Waals surface area contributed by atoms with Crippen LogP contribution < -0.4 is 10.0 Å². The smallest absolute Gasteiger partial charge is 0.257 e. The number of hydrogen-bond acceptors (Lipinski definition) is 5. The third kappa shape index (κ3) is 4.47. The van der Waals surface area contributed by atoms with Crippen molar-refractivity contribution in [1.82, 2.24) is 4.98 Å². The Hall–Kier alpha value is -2.71.